The minimum atomic E-state index is -0.586. The van der Waals surface area contributed by atoms with E-state index in [1.165, 1.54) is 4.90 Å². The van der Waals surface area contributed by atoms with Crippen LogP contribution in [0.4, 0.5) is 0 Å². The van der Waals surface area contributed by atoms with Crippen LogP contribution in [0.15, 0.2) is 42.6 Å². The summed E-state index contributed by atoms with van der Waals surface area (Å²) in [5.74, 6) is -0.497. The van der Waals surface area contributed by atoms with Crippen molar-refractivity contribution in [1.29, 1.82) is 5.26 Å². The molecule has 2 rings (SSSR count). The van der Waals surface area contributed by atoms with E-state index in [0.717, 1.165) is 5.56 Å². The van der Waals surface area contributed by atoms with Gasteiger partial charge >= 0.3 is 5.97 Å². The topological polar surface area (TPSA) is 53.3 Å². The highest BCUT2D eigenvalue weighted by Crippen LogP contribution is 2.31. The van der Waals surface area contributed by atoms with Gasteiger partial charge in [0.1, 0.15) is 0 Å². The Morgan fingerprint density at radius 2 is 2.17 bits per heavy atom. The number of benzene rings is 1. The molecule has 18 heavy (non-hydrogen) atoms. The fourth-order valence-electron chi connectivity index (χ4n) is 2.11. The van der Waals surface area contributed by atoms with Gasteiger partial charge in [0.2, 0.25) is 0 Å². The van der Waals surface area contributed by atoms with Crippen molar-refractivity contribution in [2.24, 2.45) is 0 Å². The Balaban J connectivity index is 2.27. The van der Waals surface area contributed by atoms with E-state index in [2.05, 4.69) is 0 Å². The largest absolute Gasteiger partial charge is 0.464 e. The van der Waals surface area contributed by atoms with Crippen molar-refractivity contribution in [2.45, 2.75) is 18.9 Å². The third-order valence-corrected chi connectivity index (χ3v) is 2.92. The third-order valence-electron chi connectivity index (χ3n) is 2.92. The average molecular weight is 242 g/mol. The first-order chi connectivity index (χ1) is 8.77. The van der Waals surface area contributed by atoms with E-state index < -0.39 is 6.04 Å². The first kappa shape index (κ1) is 12.2. The zero-order valence-electron chi connectivity index (χ0n) is 10.1. The van der Waals surface area contributed by atoms with Gasteiger partial charge in [-0.2, -0.15) is 5.26 Å². The van der Waals surface area contributed by atoms with Crippen LogP contribution in [0.5, 0.6) is 0 Å². The molecule has 1 aliphatic heterocycles. The summed E-state index contributed by atoms with van der Waals surface area (Å²) in [5.41, 5.74) is 1.00. The highest BCUT2D eigenvalue weighted by atomic mass is 16.5. The number of nitriles is 1. The number of hydrogen-bond donors (Lipinski definition) is 0. The summed E-state index contributed by atoms with van der Waals surface area (Å²) >= 11 is 0. The smallest absolute Gasteiger partial charge is 0.330 e. The van der Waals surface area contributed by atoms with Gasteiger partial charge in [0.15, 0.2) is 12.2 Å². The van der Waals surface area contributed by atoms with Gasteiger partial charge in [-0.25, -0.2) is 4.79 Å². The molecule has 4 nitrogen and oxygen atoms in total. The molecular weight excluding hydrogens is 228 g/mol. The normalized spacial score (nSPS) is 21.7. The van der Waals surface area contributed by atoms with E-state index in [1.807, 2.05) is 42.6 Å². The van der Waals surface area contributed by atoms with Gasteiger partial charge in [-0.3, -0.25) is 4.90 Å². The SMILES string of the molecule is CCOC(=O)C1C(c2ccccc2)C=CN1C#N. The predicted octanol–water partition coefficient (Wildman–Crippen LogP) is 2.01. The van der Waals surface area contributed by atoms with Crippen molar-refractivity contribution in [3.8, 4) is 6.19 Å². The average Bonchev–Trinajstić information content (AvgIpc) is 2.84. The summed E-state index contributed by atoms with van der Waals surface area (Å²) < 4.78 is 5.04. The highest BCUT2D eigenvalue weighted by molar-refractivity contribution is 5.79. The second kappa shape index (κ2) is 5.37. The van der Waals surface area contributed by atoms with Crippen molar-refractivity contribution < 1.29 is 9.53 Å². The molecule has 0 spiro atoms. The zero-order valence-corrected chi connectivity index (χ0v) is 10.1. The monoisotopic (exact) mass is 242 g/mol. The zero-order chi connectivity index (χ0) is 13.0. The summed E-state index contributed by atoms with van der Waals surface area (Å²) in [4.78, 5) is 13.3. The molecule has 1 aromatic carbocycles. The van der Waals surface area contributed by atoms with Crippen LogP contribution in [0.3, 0.4) is 0 Å². The molecule has 0 aromatic heterocycles. The Morgan fingerprint density at radius 1 is 1.44 bits per heavy atom. The molecule has 0 N–H and O–H groups in total. The molecule has 1 aliphatic rings. The first-order valence-electron chi connectivity index (χ1n) is 5.86. The summed E-state index contributed by atoms with van der Waals surface area (Å²) in [7, 11) is 0. The van der Waals surface area contributed by atoms with Crippen LogP contribution in [-0.2, 0) is 9.53 Å². The number of hydrogen-bond acceptors (Lipinski definition) is 4. The lowest BCUT2D eigenvalue weighted by atomic mass is 9.93. The number of nitrogens with zero attached hydrogens (tertiary/aromatic N) is 2. The van der Waals surface area contributed by atoms with E-state index in [0.29, 0.717) is 6.61 Å². The van der Waals surface area contributed by atoms with Crippen LogP contribution in [0.1, 0.15) is 18.4 Å². The summed E-state index contributed by atoms with van der Waals surface area (Å²) in [6, 6.07) is 9.06. The number of esters is 1. The van der Waals surface area contributed by atoms with E-state index in [9.17, 15) is 4.79 Å². The van der Waals surface area contributed by atoms with Crippen LogP contribution in [-0.4, -0.2) is 23.5 Å². The molecule has 2 atom stereocenters. The van der Waals surface area contributed by atoms with Crippen LogP contribution in [0, 0.1) is 11.5 Å². The van der Waals surface area contributed by atoms with Gasteiger partial charge < -0.3 is 4.74 Å². The predicted molar refractivity (Wildman–Crippen MR) is 66.2 cm³/mol. The van der Waals surface area contributed by atoms with Gasteiger partial charge in [0.05, 0.1) is 6.61 Å². The molecule has 92 valence electrons. The van der Waals surface area contributed by atoms with E-state index >= 15 is 0 Å². The number of carbonyl (C=O) groups is 1. The Hall–Kier alpha value is -2.28. The molecular formula is C14H14N2O2. The molecule has 0 radical (unpaired) electrons. The van der Waals surface area contributed by atoms with Crippen molar-refractivity contribution in [3.05, 3.63) is 48.2 Å². The van der Waals surface area contributed by atoms with Crippen LogP contribution in [0.2, 0.25) is 0 Å². The van der Waals surface area contributed by atoms with Gasteiger partial charge in [-0.15, -0.1) is 0 Å². The van der Waals surface area contributed by atoms with Crippen LogP contribution >= 0.6 is 0 Å². The lowest BCUT2D eigenvalue weighted by Crippen LogP contribution is -2.37. The van der Waals surface area contributed by atoms with E-state index in [1.54, 1.807) is 13.1 Å². The molecule has 0 aliphatic carbocycles. The van der Waals surface area contributed by atoms with Gasteiger partial charge in [0.25, 0.3) is 0 Å². The van der Waals surface area contributed by atoms with Crippen LogP contribution in [0.25, 0.3) is 0 Å². The third kappa shape index (κ3) is 2.21. The second-order valence-corrected chi connectivity index (χ2v) is 3.98. The quantitative estimate of drug-likeness (QED) is 0.601. The molecule has 0 saturated heterocycles. The van der Waals surface area contributed by atoms with Crippen molar-refractivity contribution in [3.63, 3.8) is 0 Å². The number of ether oxygens (including phenoxy) is 1. The summed E-state index contributed by atoms with van der Waals surface area (Å²) in [6.07, 6.45) is 5.50. The van der Waals surface area contributed by atoms with Gasteiger partial charge in [-0.05, 0) is 12.5 Å². The van der Waals surface area contributed by atoms with E-state index in [4.69, 9.17) is 10.00 Å². The van der Waals surface area contributed by atoms with E-state index in [-0.39, 0.29) is 11.9 Å². The lowest BCUT2D eigenvalue weighted by molar-refractivity contribution is -0.147. The maximum Gasteiger partial charge on any atom is 0.330 e. The Kier molecular flexibility index (Phi) is 3.63. The Labute approximate surface area is 106 Å². The molecule has 4 heteroatoms. The minimum Gasteiger partial charge on any atom is -0.464 e. The molecule has 0 amide bonds. The Bertz CT molecular complexity index is 490. The first-order valence-corrected chi connectivity index (χ1v) is 5.86. The van der Waals surface area contributed by atoms with Crippen LogP contribution < -0.4 is 0 Å². The molecule has 0 saturated carbocycles. The summed E-state index contributed by atoms with van der Waals surface area (Å²) in [6.45, 7) is 2.07. The lowest BCUT2D eigenvalue weighted by Gasteiger charge is -2.22. The number of carbonyl (C=O) groups excluding carboxylic acids is 1. The molecule has 2 unspecified atom stereocenters. The fourth-order valence-corrected chi connectivity index (χ4v) is 2.11. The van der Waals surface area contributed by atoms with Gasteiger partial charge in [-0.1, -0.05) is 36.4 Å². The second-order valence-electron chi connectivity index (χ2n) is 3.98. The highest BCUT2D eigenvalue weighted by Gasteiger charge is 2.37. The minimum absolute atomic E-state index is 0.134. The molecule has 1 heterocycles. The van der Waals surface area contributed by atoms with Crippen molar-refractivity contribution in [2.75, 3.05) is 6.61 Å². The van der Waals surface area contributed by atoms with Crippen molar-refractivity contribution >= 4 is 5.97 Å². The standard InChI is InChI=1S/C14H14N2O2/c1-2-18-14(17)13-12(8-9-16(13)10-15)11-6-4-3-5-7-11/h3-9,12-13H,2H2,1H3. The van der Waals surface area contributed by atoms with Crippen molar-refractivity contribution in [1.82, 2.24) is 4.90 Å². The number of rotatable bonds is 3. The maximum atomic E-state index is 11.9. The molecule has 0 bridgehead atoms. The summed E-state index contributed by atoms with van der Waals surface area (Å²) in [5, 5.41) is 9.04. The molecule has 0 fully saturated rings. The molecule has 1 aromatic rings. The van der Waals surface area contributed by atoms with Gasteiger partial charge in [0, 0.05) is 12.1 Å². The maximum absolute atomic E-state index is 11.9. The Morgan fingerprint density at radius 3 is 2.78 bits per heavy atom. The fraction of sp³-hybridized carbons (Fsp3) is 0.286.